The van der Waals surface area contributed by atoms with Crippen LogP contribution in [0, 0.1) is 0 Å². The van der Waals surface area contributed by atoms with Crippen molar-refractivity contribution in [2.75, 3.05) is 7.11 Å². The summed E-state index contributed by atoms with van der Waals surface area (Å²) in [6.07, 6.45) is -4.50. The second kappa shape index (κ2) is 6.61. The lowest BCUT2D eigenvalue weighted by molar-refractivity contribution is -0.137. The molecule has 0 bridgehead atoms. The molecule has 1 saturated heterocycles. The van der Waals surface area contributed by atoms with Crippen molar-refractivity contribution in [1.29, 1.82) is 0 Å². The summed E-state index contributed by atoms with van der Waals surface area (Å²) >= 11 is 0. The number of hydrogen-bond donors (Lipinski definition) is 1. The molecule has 2 aromatic carbocycles. The Morgan fingerprint density at radius 1 is 1.11 bits per heavy atom. The third kappa shape index (κ3) is 3.47. The molecule has 1 aliphatic rings. The average molecular weight is 378 g/mol. The summed E-state index contributed by atoms with van der Waals surface area (Å²) in [6, 6.07) is 10.6. The molecule has 3 rings (SSSR count). The van der Waals surface area contributed by atoms with E-state index >= 15 is 0 Å². The smallest absolute Gasteiger partial charge is 0.416 e. The van der Waals surface area contributed by atoms with Crippen molar-refractivity contribution in [3.05, 3.63) is 65.2 Å². The monoisotopic (exact) mass is 378 g/mol. The number of hydrogen-bond acceptors (Lipinski definition) is 3. The number of nitrogens with one attached hydrogen (secondary N) is 1. The molecule has 3 amide bonds. The molecule has 0 spiro atoms. The van der Waals surface area contributed by atoms with Gasteiger partial charge in [-0.3, -0.25) is 9.69 Å². The fraction of sp³-hybridized carbons (Fsp3) is 0.263. The summed E-state index contributed by atoms with van der Waals surface area (Å²) in [6.45, 7) is 1.31. The maximum Gasteiger partial charge on any atom is 0.416 e. The van der Waals surface area contributed by atoms with Gasteiger partial charge in [0, 0.05) is 0 Å². The minimum absolute atomic E-state index is 0.215. The number of rotatable bonds is 4. The molecule has 1 fully saturated rings. The second-order valence-corrected chi connectivity index (χ2v) is 6.37. The van der Waals surface area contributed by atoms with Crippen molar-refractivity contribution >= 4 is 11.9 Å². The highest BCUT2D eigenvalue weighted by Gasteiger charge is 2.49. The highest BCUT2D eigenvalue weighted by Crippen LogP contribution is 2.32. The van der Waals surface area contributed by atoms with Gasteiger partial charge in [0.2, 0.25) is 0 Å². The van der Waals surface area contributed by atoms with E-state index in [1.54, 1.807) is 31.2 Å². The van der Waals surface area contributed by atoms with Gasteiger partial charge in [0.25, 0.3) is 5.91 Å². The Morgan fingerprint density at radius 3 is 2.37 bits per heavy atom. The molecule has 0 saturated carbocycles. The number of benzene rings is 2. The molecule has 0 radical (unpaired) electrons. The molecule has 5 nitrogen and oxygen atoms in total. The van der Waals surface area contributed by atoms with Crippen LogP contribution in [0.25, 0.3) is 0 Å². The number of carbonyl (C=O) groups excluding carboxylic acids is 2. The molecule has 1 atom stereocenters. The molecular formula is C19H17F3N2O3. The molecule has 142 valence electrons. The van der Waals surface area contributed by atoms with Gasteiger partial charge in [-0.15, -0.1) is 0 Å². The van der Waals surface area contributed by atoms with Crippen LogP contribution in [-0.2, 0) is 23.1 Å². The van der Waals surface area contributed by atoms with E-state index in [1.165, 1.54) is 19.2 Å². The third-order valence-electron chi connectivity index (χ3n) is 4.54. The van der Waals surface area contributed by atoms with Crippen LogP contribution in [0.1, 0.15) is 23.6 Å². The zero-order chi connectivity index (χ0) is 19.8. The summed E-state index contributed by atoms with van der Waals surface area (Å²) < 4.78 is 43.7. The summed E-state index contributed by atoms with van der Waals surface area (Å²) in [4.78, 5) is 26.1. The van der Waals surface area contributed by atoms with E-state index in [2.05, 4.69) is 5.32 Å². The predicted molar refractivity (Wildman–Crippen MR) is 90.9 cm³/mol. The van der Waals surface area contributed by atoms with Gasteiger partial charge in [-0.2, -0.15) is 13.2 Å². The molecule has 8 heteroatoms. The SMILES string of the molecule is COc1ccc(C2(C)NC(=O)N(Cc3cccc(C(F)(F)F)c3)C2=O)cc1. The Balaban J connectivity index is 1.86. The number of alkyl halides is 3. The lowest BCUT2D eigenvalue weighted by Crippen LogP contribution is -2.40. The van der Waals surface area contributed by atoms with Gasteiger partial charge in [0.05, 0.1) is 19.2 Å². The second-order valence-electron chi connectivity index (χ2n) is 6.37. The van der Waals surface area contributed by atoms with Crippen LogP contribution in [0.2, 0.25) is 0 Å². The highest BCUT2D eigenvalue weighted by atomic mass is 19.4. The minimum atomic E-state index is -4.50. The number of amides is 3. The van der Waals surface area contributed by atoms with Gasteiger partial charge in [-0.05, 0) is 42.3 Å². The number of imide groups is 1. The molecule has 2 aromatic rings. The Hall–Kier alpha value is -3.03. The lowest BCUT2D eigenvalue weighted by Gasteiger charge is -2.22. The van der Waals surface area contributed by atoms with Gasteiger partial charge in [0.15, 0.2) is 0 Å². The Kier molecular flexibility index (Phi) is 4.59. The van der Waals surface area contributed by atoms with Gasteiger partial charge in [0.1, 0.15) is 11.3 Å². The molecule has 1 heterocycles. The van der Waals surface area contributed by atoms with Crippen molar-refractivity contribution < 1.29 is 27.5 Å². The minimum Gasteiger partial charge on any atom is -0.497 e. The van der Waals surface area contributed by atoms with Gasteiger partial charge in [-0.1, -0.05) is 24.3 Å². The summed E-state index contributed by atoms with van der Waals surface area (Å²) in [5.74, 6) is 0.0648. The quantitative estimate of drug-likeness (QED) is 0.826. The fourth-order valence-corrected chi connectivity index (χ4v) is 2.99. The van der Waals surface area contributed by atoms with Gasteiger partial charge in [-0.25, -0.2) is 4.79 Å². The van der Waals surface area contributed by atoms with Crippen LogP contribution in [0.4, 0.5) is 18.0 Å². The van der Waals surface area contributed by atoms with Crippen LogP contribution in [0.15, 0.2) is 48.5 Å². The van der Waals surface area contributed by atoms with Gasteiger partial charge < -0.3 is 10.1 Å². The molecule has 27 heavy (non-hydrogen) atoms. The summed E-state index contributed by atoms with van der Waals surface area (Å²) in [5.41, 5.74) is -1.36. The Bertz CT molecular complexity index is 881. The number of urea groups is 1. The Morgan fingerprint density at radius 2 is 1.78 bits per heavy atom. The standard InChI is InChI=1S/C19H17F3N2O3/c1-18(13-6-8-15(27-2)9-7-13)16(25)24(17(26)23-18)11-12-4-3-5-14(10-12)19(20,21)22/h3-10H,11H2,1-2H3,(H,23,26). The van der Waals surface area contributed by atoms with Crippen LogP contribution in [0.5, 0.6) is 5.75 Å². The van der Waals surface area contributed by atoms with E-state index < -0.39 is 29.2 Å². The first kappa shape index (κ1) is 18.8. The van der Waals surface area contributed by atoms with Crippen LogP contribution in [-0.4, -0.2) is 23.9 Å². The zero-order valence-corrected chi connectivity index (χ0v) is 14.6. The highest BCUT2D eigenvalue weighted by molar-refractivity contribution is 6.07. The largest absolute Gasteiger partial charge is 0.497 e. The van der Waals surface area contributed by atoms with Crippen LogP contribution < -0.4 is 10.1 Å². The fourth-order valence-electron chi connectivity index (χ4n) is 2.99. The van der Waals surface area contributed by atoms with Crippen LogP contribution >= 0.6 is 0 Å². The molecule has 1 unspecified atom stereocenters. The van der Waals surface area contributed by atoms with Crippen molar-refractivity contribution in [1.82, 2.24) is 10.2 Å². The zero-order valence-electron chi connectivity index (χ0n) is 14.6. The third-order valence-corrected chi connectivity index (χ3v) is 4.54. The molecule has 1 aliphatic heterocycles. The Labute approximate surface area is 153 Å². The van der Waals surface area contributed by atoms with Crippen LogP contribution in [0.3, 0.4) is 0 Å². The number of carbonyl (C=O) groups is 2. The van der Waals surface area contributed by atoms with Crippen molar-refractivity contribution in [3.8, 4) is 5.75 Å². The first-order chi connectivity index (χ1) is 12.6. The van der Waals surface area contributed by atoms with Gasteiger partial charge >= 0.3 is 12.2 Å². The summed E-state index contributed by atoms with van der Waals surface area (Å²) in [7, 11) is 1.51. The van der Waals surface area contributed by atoms with E-state index in [1.807, 2.05) is 0 Å². The normalized spacial score (nSPS) is 20.0. The van der Waals surface area contributed by atoms with E-state index in [9.17, 15) is 22.8 Å². The first-order valence-corrected chi connectivity index (χ1v) is 8.10. The lowest BCUT2D eigenvalue weighted by atomic mass is 9.92. The first-order valence-electron chi connectivity index (χ1n) is 8.10. The predicted octanol–water partition coefficient (Wildman–Crippen LogP) is 3.68. The van der Waals surface area contributed by atoms with Crippen molar-refractivity contribution in [2.24, 2.45) is 0 Å². The van der Waals surface area contributed by atoms with E-state index in [0.29, 0.717) is 11.3 Å². The number of methoxy groups -OCH3 is 1. The molecule has 0 aromatic heterocycles. The maximum absolute atomic E-state index is 12.9. The molecular weight excluding hydrogens is 361 g/mol. The summed E-state index contributed by atoms with van der Waals surface area (Å²) in [5, 5.41) is 2.62. The topological polar surface area (TPSA) is 58.6 Å². The number of halogens is 3. The maximum atomic E-state index is 12.9. The number of ether oxygens (including phenoxy) is 1. The van der Waals surface area contributed by atoms with Crippen molar-refractivity contribution in [2.45, 2.75) is 25.2 Å². The van der Waals surface area contributed by atoms with E-state index in [0.717, 1.165) is 17.0 Å². The number of nitrogens with zero attached hydrogens (tertiary/aromatic N) is 1. The average Bonchev–Trinajstić information content (AvgIpc) is 2.85. The van der Waals surface area contributed by atoms with E-state index in [-0.39, 0.29) is 12.1 Å². The van der Waals surface area contributed by atoms with Crippen molar-refractivity contribution in [3.63, 3.8) is 0 Å². The molecule has 1 N–H and O–H groups in total. The molecule has 0 aliphatic carbocycles. The van der Waals surface area contributed by atoms with E-state index in [4.69, 9.17) is 4.74 Å².